The molecule has 6 nitrogen and oxygen atoms in total. The van der Waals surface area contributed by atoms with Gasteiger partial charge in [-0.3, -0.25) is 9.97 Å². The third-order valence-corrected chi connectivity index (χ3v) is 5.23. The van der Waals surface area contributed by atoms with E-state index in [0.717, 1.165) is 34.9 Å². The summed E-state index contributed by atoms with van der Waals surface area (Å²) in [6.07, 6.45) is 4.37. The number of pyridine rings is 2. The lowest BCUT2D eigenvalue weighted by atomic mass is 10.0. The van der Waals surface area contributed by atoms with Crippen molar-refractivity contribution in [1.29, 1.82) is 0 Å². The summed E-state index contributed by atoms with van der Waals surface area (Å²) in [6.45, 7) is 2.67. The van der Waals surface area contributed by atoms with Crippen LogP contribution in [0.4, 0.5) is 5.82 Å². The van der Waals surface area contributed by atoms with Crippen LogP contribution in [0.1, 0.15) is 28.7 Å². The average Bonchev–Trinajstić information content (AvgIpc) is 2.82. The molecule has 3 aromatic heterocycles. The predicted molar refractivity (Wildman–Crippen MR) is 128 cm³/mol. The van der Waals surface area contributed by atoms with Gasteiger partial charge >= 0.3 is 0 Å². The van der Waals surface area contributed by atoms with Crippen LogP contribution in [-0.4, -0.2) is 34.0 Å². The van der Waals surface area contributed by atoms with Gasteiger partial charge in [0.1, 0.15) is 5.82 Å². The molecule has 162 valence electrons. The molecule has 4 aromatic rings. The Labute approximate surface area is 189 Å². The van der Waals surface area contributed by atoms with E-state index in [4.69, 9.17) is 9.97 Å². The molecule has 3 heterocycles. The Balaban J connectivity index is 1.70. The van der Waals surface area contributed by atoms with Crippen LogP contribution in [0, 0.1) is 6.92 Å². The highest BCUT2D eigenvalue weighted by atomic mass is 15.2. The normalized spacial score (nSPS) is 11.8. The smallest absolute Gasteiger partial charge is 0.163 e. The lowest BCUT2D eigenvalue weighted by molar-refractivity contribution is 0.513. The van der Waals surface area contributed by atoms with Crippen molar-refractivity contribution in [2.24, 2.45) is 0 Å². The molecule has 0 saturated carbocycles. The van der Waals surface area contributed by atoms with Crippen molar-refractivity contribution in [3.05, 3.63) is 102 Å². The van der Waals surface area contributed by atoms with E-state index < -0.39 is 0 Å². The Morgan fingerprint density at radius 1 is 0.906 bits per heavy atom. The summed E-state index contributed by atoms with van der Waals surface area (Å²) in [7, 11) is 3.99. The fourth-order valence-corrected chi connectivity index (χ4v) is 3.54. The van der Waals surface area contributed by atoms with Crippen molar-refractivity contribution in [1.82, 2.24) is 25.3 Å². The molecule has 0 amide bonds. The van der Waals surface area contributed by atoms with E-state index in [-0.39, 0.29) is 6.04 Å². The minimum absolute atomic E-state index is 0.00293. The number of hydrogen-bond acceptors (Lipinski definition) is 6. The molecule has 0 radical (unpaired) electrons. The van der Waals surface area contributed by atoms with Gasteiger partial charge in [0.15, 0.2) is 5.82 Å². The Kier molecular flexibility index (Phi) is 6.82. The molecule has 1 N–H and O–H groups in total. The maximum Gasteiger partial charge on any atom is 0.163 e. The molecular weight excluding hydrogens is 396 g/mol. The number of anilines is 1. The summed E-state index contributed by atoms with van der Waals surface area (Å²) in [5.74, 6) is 1.54. The fourth-order valence-electron chi connectivity index (χ4n) is 3.54. The second-order valence-electron chi connectivity index (χ2n) is 8.00. The Morgan fingerprint density at radius 3 is 2.47 bits per heavy atom. The third-order valence-electron chi connectivity index (χ3n) is 5.23. The summed E-state index contributed by atoms with van der Waals surface area (Å²) < 4.78 is 0. The molecule has 0 aliphatic carbocycles. The number of rotatable bonds is 8. The van der Waals surface area contributed by atoms with Gasteiger partial charge < -0.3 is 10.2 Å². The number of aryl methyl sites for hydroxylation is 1. The van der Waals surface area contributed by atoms with E-state index >= 15 is 0 Å². The van der Waals surface area contributed by atoms with Crippen LogP contribution in [0.5, 0.6) is 0 Å². The first-order valence-corrected chi connectivity index (χ1v) is 10.7. The largest absolute Gasteiger partial charge is 0.363 e. The maximum absolute atomic E-state index is 4.95. The highest BCUT2D eigenvalue weighted by molar-refractivity contribution is 5.56. The second-order valence-corrected chi connectivity index (χ2v) is 8.00. The minimum atomic E-state index is -0.00293. The van der Waals surface area contributed by atoms with E-state index in [2.05, 4.69) is 45.6 Å². The quantitative estimate of drug-likeness (QED) is 0.453. The number of nitrogens with one attached hydrogen (secondary N) is 1. The van der Waals surface area contributed by atoms with Crippen LogP contribution in [0.15, 0.2) is 79.1 Å². The highest BCUT2D eigenvalue weighted by Crippen LogP contribution is 2.24. The molecule has 0 bridgehead atoms. The van der Waals surface area contributed by atoms with Crippen molar-refractivity contribution in [2.75, 3.05) is 19.0 Å². The summed E-state index contributed by atoms with van der Waals surface area (Å²) in [4.78, 5) is 20.6. The fraction of sp³-hybridized carbons (Fsp3) is 0.231. The van der Waals surface area contributed by atoms with Gasteiger partial charge in [-0.1, -0.05) is 36.4 Å². The molecule has 0 aliphatic heterocycles. The SMILES string of the molecule is Cc1cccc(CN[C@H](Cc2ccccc2)c2cc(N(C)C)nc(-c3cccnc3)n2)n1. The van der Waals surface area contributed by atoms with E-state index in [9.17, 15) is 0 Å². The molecular formula is C26H28N6. The van der Waals surface area contributed by atoms with Crippen LogP contribution >= 0.6 is 0 Å². The lowest BCUT2D eigenvalue weighted by Gasteiger charge is -2.21. The highest BCUT2D eigenvalue weighted by Gasteiger charge is 2.18. The van der Waals surface area contributed by atoms with Gasteiger partial charge in [-0.25, -0.2) is 9.97 Å². The van der Waals surface area contributed by atoms with E-state index in [0.29, 0.717) is 12.4 Å². The molecule has 4 rings (SSSR count). The molecule has 0 aliphatic rings. The van der Waals surface area contributed by atoms with E-state index in [1.807, 2.05) is 62.3 Å². The van der Waals surface area contributed by atoms with Crippen LogP contribution < -0.4 is 10.2 Å². The summed E-state index contributed by atoms with van der Waals surface area (Å²) >= 11 is 0. The van der Waals surface area contributed by atoms with Crippen LogP contribution in [0.3, 0.4) is 0 Å². The van der Waals surface area contributed by atoms with Crippen molar-refractivity contribution in [2.45, 2.75) is 25.9 Å². The maximum atomic E-state index is 4.95. The molecule has 0 spiro atoms. The zero-order valence-electron chi connectivity index (χ0n) is 18.7. The first-order chi connectivity index (χ1) is 15.6. The number of hydrogen-bond donors (Lipinski definition) is 1. The number of aromatic nitrogens is 4. The van der Waals surface area contributed by atoms with E-state index in [1.54, 1.807) is 12.4 Å². The molecule has 6 heteroatoms. The summed E-state index contributed by atoms with van der Waals surface area (Å²) in [5, 5.41) is 3.69. The van der Waals surface area contributed by atoms with Crippen molar-refractivity contribution >= 4 is 5.82 Å². The first kappa shape index (κ1) is 21.6. The first-order valence-electron chi connectivity index (χ1n) is 10.7. The molecule has 0 unspecified atom stereocenters. The van der Waals surface area contributed by atoms with Crippen molar-refractivity contribution in [3.8, 4) is 11.4 Å². The molecule has 1 atom stereocenters. The predicted octanol–water partition coefficient (Wildman–Crippen LogP) is 4.38. The average molecular weight is 425 g/mol. The van der Waals surface area contributed by atoms with Crippen LogP contribution in [-0.2, 0) is 13.0 Å². The monoisotopic (exact) mass is 424 g/mol. The van der Waals surface area contributed by atoms with Crippen molar-refractivity contribution in [3.63, 3.8) is 0 Å². The van der Waals surface area contributed by atoms with Crippen LogP contribution in [0.2, 0.25) is 0 Å². The molecule has 32 heavy (non-hydrogen) atoms. The molecule has 0 fully saturated rings. The van der Waals surface area contributed by atoms with E-state index in [1.165, 1.54) is 5.56 Å². The van der Waals surface area contributed by atoms with Crippen LogP contribution in [0.25, 0.3) is 11.4 Å². The lowest BCUT2D eigenvalue weighted by Crippen LogP contribution is -2.25. The zero-order valence-corrected chi connectivity index (χ0v) is 18.7. The number of nitrogens with zero attached hydrogens (tertiary/aromatic N) is 5. The third kappa shape index (κ3) is 5.53. The van der Waals surface area contributed by atoms with Gasteiger partial charge in [-0.05, 0) is 43.2 Å². The molecule has 1 aromatic carbocycles. The van der Waals surface area contributed by atoms with Gasteiger partial charge in [0.05, 0.1) is 17.4 Å². The Hall–Kier alpha value is -3.64. The van der Waals surface area contributed by atoms with Crippen molar-refractivity contribution < 1.29 is 0 Å². The molecule has 0 saturated heterocycles. The van der Waals surface area contributed by atoms with Gasteiger partial charge in [0, 0.05) is 50.4 Å². The standard InChI is InChI=1S/C26H28N6/c1-19-9-7-13-22(29-19)18-28-23(15-20-10-5-4-6-11-20)24-16-25(32(2)3)31-26(30-24)21-12-8-14-27-17-21/h4-14,16-17,23,28H,15,18H2,1-3H3/t23-/m1/s1. The Morgan fingerprint density at radius 2 is 1.75 bits per heavy atom. The summed E-state index contributed by atoms with van der Waals surface area (Å²) in [6, 6.07) is 22.5. The number of benzene rings is 1. The minimum Gasteiger partial charge on any atom is -0.363 e. The Bertz CT molecular complexity index is 1150. The van der Waals surface area contributed by atoms with Gasteiger partial charge in [-0.15, -0.1) is 0 Å². The zero-order chi connectivity index (χ0) is 22.3. The topological polar surface area (TPSA) is 66.8 Å². The van der Waals surface area contributed by atoms with Gasteiger partial charge in [0.2, 0.25) is 0 Å². The van der Waals surface area contributed by atoms with Gasteiger partial charge in [0.25, 0.3) is 0 Å². The second kappa shape index (κ2) is 10.1. The van der Waals surface area contributed by atoms with Gasteiger partial charge in [-0.2, -0.15) is 0 Å². The summed E-state index contributed by atoms with van der Waals surface area (Å²) in [5.41, 5.74) is 5.11.